The van der Waals surface area contributed by atoms with Crippen molar-refractivity contribution in [3.63, 3.8) is 0 Å². The van der Waals surface area contributed by atoms with E-state index in [1.54, 1.807) is 0 Å². The largest absolute Gasteiger partial charge is 0.400 e. The maximum absolute atomic E-state index is 13.9. The summed E-state index contributed by atoms with van der Waals surface area (Å²) in [4.78, 5) is 0. The molecule has 0 saturated carbocycles. The Kier molecular flexibility index (Phi) is 13.2. The highest BCUT2D eigenvalue weighted by Crippen LogP contribution is 2.44. The minimum Gasteiger partial charge on any atom is -0.400 e. The van der Waals surface area contributed by atoms with Gasteiger partial charge in [-0.15, -0.1) is 0 Å². The van der Waals surface area contributed by atoms with Gasteiger partial charge < -0.3 is 5.11 Å². The molecule has 0 atom stereocenters. The fourth-order valence-electron chi connectivity index (χ4n) is 2.06. The van der Waals surface area contributed by atoms with Crippen LogP contribution >= 0.6 is 23.2 Å². The zero-order chi connectivity index (χ0) is 22.9. The Labute approximate surface area is 168 Å². The monoisotopic (exact) mass is 454 g/mol. The lowest BCUT2D eigenvalue weighted by Crippen LogP contribution is -2.02. The average Bonchev–Trinajstić information content (AvgIpc) is 2.71. The van der Waals surface area contributed by atoms with Crippen molar-refractivity contribution < 1.29 is 35.8 Å². The number of hydrogen-bond donors (Lipinski definition) is 1. The van der Waals surface area contributed by atoms with Gasteiger partial charge >= 0.3 is 0 Å². The summed E-state index contributed by atoms with van der Waals surface area (Å²) in [6.07, 6.45) is 0. The van der Waals surface area contributed by atoms with Gasteiger partial charge in [0.25, 0.3) is 0 Å². The highest BCUT2D eigenvalue weighted by Gasteiger charge is 2.28. The summed E-state index contributed by atoms with van der Waals surface area (Å²) in [6.45, 7) is 5.93. The summed E-state index contributed by atoms with van der Waals surface area (Å²) in [5.74, 6) is -10.6. The summed E-state index contributed by atoms with van der Waals surface area (Å²) < 4.78 is 90.9. The van der Waals surface area contributed by atoms with Crippen molar-refractivity contribution in [3.05, 3.63) is 50.3 Å². The number of halogens is 9. The van der Waals surface area contributed by atoms with Crippen LogP contribution < -0.4 is 0 Å². The Morgan fingerprint density at radius 2 is 1.07 bits per heavy atom. The van der Waals surface area contributed by atoms with Gasteiger partial charge in [0.1, 0.15) is 5.83 Å². The minimum absolute atomic E-state index is 0.238. The molecule has 0 aliphatic carbocycles. The van der Waals surface area contributed by atoms with Crippen LogP contribution in [0.5, 0.6) is 0 Å². The van der Waals surface area contributed by atoms with Crippen molar-refractivity contribution in [1.82, 2.24) is 0 Å². The molecule has 2 aromatic carbocycles. The molecule has 1 nitrogen and oxygen atoms in total. The Bertz CT molecular complexity index is 848. The minimum atomic E-state index is -2.13. The first kappa shape index (κ1) is 28.7. The van der Waals surface area contributed by atoms with Gasteiger partial charge in [0.05, 0.1) is 17.2 Å². The van der Waals surface area contributed by atoms with E-state index in [2.05, 4.69) is 0 Å². The van der Waals surface area contributed by atoms with Crippen molar-refractivity contribution in [2.24, 2.45) is 0 Å². The zero-order valence-corrected chi connectivity index (χ0v) is 17.4. The van der Waals surface area contributed by atoms with Gasteiger partial charge in [-0.3, -0.25) is 4.39 Å². The van der Waals surface area contributed by atoms with Crippen LogP contribution in [0, 0.1) is 30.2 Å². The summed E-state index contributed by atoms with van der Waals surface area (Å²) in [6, 6.07) is 0. The molecule has 10 heteroatoms. The maximum Gasteiger partial charge on any atom is 0.198 e. The van der Waals surface area contributed by atoms with Crippen molar-refractivity contribution >= 4 is 39.8 Å². The molecule has 0 unspecified atom stereocenters. The Hall–Kier alpha value is -1.51. The van der Waals surface area contributed by atoms with Crippen LogP contribution in [0.4, 0.5) is 30.7 Å². The molecule has 28 heavy (non-hydrogen) atoms. The lowest BCUT2D eigenvalue weighted by Gasteiger charge is -2.15. The second-order valence-corrected chi connectivity index (χ2v) is 5.24. The number of aliphatic hydroxyl groups excluding tert-OH is 1. The number of benzene rings is 2. The van der Waals surface area contributed by atoms with E-state index in [0.717, 1.165) is 21.0 Å². The molecule has 160 valence electrons. The Morgan fingerprint density at radius 3 is 1.39 bits per heavy atom. The van der Waals surface area contributed by atoms with Gasteiger partial charge in [-0.2, -0.15) is 0 Å². The summed E-state index contributed by atoms with van der Waals surface area (Å²) in [5, 5.41) is 3.80. The number of alkyl halides is 1. The van der Waals surface area contributed by atoms with Gasteiger partial charge in [0.15, 0.2) is 29.1 Å². The molecular weight excluding hydrogens is 436 g/mol. The highest BCUT2D eigenvalue weighted by atomic mass is 35.5. The molecule has 0 fully saturated rings. The molecule has 0 saturated heterocycles. The van der Waals surface area contributed by atoms with Crippen molar-refractivity contribution in [3.8, 4) is 0 Å². The van der Waals surface area contributed by atoms with E-state index < -0.39 is 61.3 Å². The average molecular weight is 455 g/mol. The van der Waals surface area contributed by atoms with Crippen LogP contribution in [0.15, 0.2) is 5.83 Å². The van der Waals surface area contributed by atoms with Gasteiger partial charge in [0, 0.05) is 23.4 Å². The third kappa shape index (κ3) is 5.30. The predicted octanol–water partition coefficient (Wildman–Crippen LogP) is 7.86. The molecule has 0 aliphatic heterocycles. The van der Waals surface area contributed by atoms with E-state index >= 15 is 0 Å². The standard InChI is InChI=1S/C14H6Cl2F6.C2H6.CH3F.CH4O/c1-3-5(10(18)4(2)17)9(16)7-6(8(3)15)11(19)13(21)14(22)12(7)20;3*1-2/h1-2H3;1-2H3;1H3;2H,1H3/b10-4-;;;. The summed E-state index contributed by atoms with van der Waals surface area (Å²) in [5.41, 5.74) is -0.888. The molecule has 2 aromatic rings. The van der Waals surface area contributed by atoms with E-state index in [9.17, 15) is 30.7 Å². The van der Waals surface area contributed by atoms with Crippen molar-refractivity contribution in [1.29, 1.82) is 0 Å². The van der Waals surface area contributed by atoms with Crippen molar-refractivity contribution in [2.45, 2.75) is 27.7 Å². The molecule has 0 bridgehead atoms. The first-order valence-corrected chi connectivity index (χ1v) is 8.34. The van der Waals surface area contributed by atoms with Gasteiger partial charge in [-0.25, -0.2) is 26.3 Å². The van der Waals surface area contributed by atoms with Crippen LogP contribution in [0.3, 0.4) is 0 Å². The number of hydrogen-bond acceptors (Lipinski definition) is 1. The molecule has 0 amide bonds. The Morgan fingerprint density at radius 1 is 0.750 bits per heavy atom. The number of rotatable bonds is 1. The number of aliphatic hydroxyl groups is 1. The Balaban J connectivity index is 0. The lowest BCUT2D eigenvalue weighted by molar-refractivity contribution is 0.399. The molecule has 0 aromatic heterocycles. The van der Waals surface area contributed by atoms with E-state index in [4.69, 9.17) is 28.3 Å². The summed E-state index contributed by atoms with van der Waals surface area (Å²) in [7, 11) is 1.50. The zero-order valence-electron chi connectivity index (χ0n) is 15.8. The molecular formula is C18H19Cl2F7O. The molecule has 0 spiro atoms. The van der Waals surface area contributed by atoms with Crippen LogP contribution in [-0.2, 0) is 0 Å². The normalized spacial score (nSPS) is 10.7. The highest BCUT2D eigenvalue weighted by molar-refractivity contribution is 6.42. The molecule has 2 rings (SSSR count). The smallest absolute Gasteiger partial charge is 0.198 e. The topological polar surface area (TPSA) is 20.2 Å². The molecule has 1 N–H and O–H groups in total. The fourth-order valence-corrected chi connectivity index (χ4v) is 2.74. The fraction of sp³-hybridized carbons (Fsp3) is 0.333. The van der Waals surface area contributed by atoms with Crippen LogP contribution in [0.25, 0.3) is 16.6 Å². The van der Waals surface area contributed by atoms with Gasteiger partial charge in [-0.05, 0) is 19.4 Å². The first-order chi connectivity index (χ1) is 13.1. The predicted molar refractivity (Wildman–Crippen MR) is 99.9 cm³/mol. The summed E-state index contributed by atoms with van der Waals surface area (Å²) >= 11 is 11.6. The van der Waals surface area contributed by atoms with E-state index in [-0.39, 0.29) is 5.56 Å². The molecule has 0 heterocycles. The second-order valence-electron chi connectivity index (χ2n) is 4.48. The van der Waals surface area contributed by atoms with Gasteiger partial charge in [-0.1, -0.05) is 37.0 Å². The van der Waals surface area contributed by atoms with E-state index in [0.29, 0.717) is 7.18 Å². The lowest BCUT2D eigenvalue weighted by atomic mass is 9.99. The number of fused-ring (bicyclic) bond motifs is 1. The third-order valence-electron chi connectivity index (χ3n) is 3.15. The molecule has 0 aliphatic rings. The third-order valence-corrected chi connectivity index (χ3v) is 4.00. The van der Waals surface area contributed by atoms with Gasteiger partial charge in [0.2, 0.25) is 0 Å². The number of allylic oxidation sites excluding steroid dienone is 1. The van der Waals surface area contributed by atoms with Crippen molar-refractivity contribution in [2.75, 3.05) is 14.3 Å². The van der Waals surface area contributed by atoms with Crippen LogP contribution in [0.2, 0.25) is 10.0 Å². The quantitative estimate of drug-likeness (QED) is 0.264. The second kappa shape index (κ2) is 12.9. The van der Waals surface area contributed by atoms with E-state index in [1.165, 1.54) is 0 Å². The van der Waals surface area contributed by atoms with E-state index in [1.807, 2.05) is 13.8 Å². The van der Waals surface area contributed by atoms with Crippen LogP contribution in [0.1, 0.15) is 31.9 Å². The van der Waals surface area contributed by atoms with Crippen LogP contribution in [-0.4, -0.2) is 19.4 Å². The SMILES string of the molecule is C/C(F)=C(/F)c1c(C)c(Cl)c2c(F)c(F)c(F)c(F)c2c1Cl.CC.CF.CO. The maximum atomic E-state index is 13.9. The first-order valence-electron chi connectivity index (χ1n) is 7.59. The molecule has 0 radical (unpaired) electrons.